The van der Waals surface area contributed by atoms with Gasteiger partial charge in [-0.05, 0) is 39.3 Å². The monoisotopic (exact) mass is 199 g/mol. The fourth-order valence-electron chi connectivity index (χ4n) is 2.00. The lowest BCUT2D eigenvalue weighted by Crippen LogP contribution is -2.34. The van der Waals surface area contributed by atoms with Crippen LogP contribution in [0.5, 0.6) is 0 Å². The lowest BCUT2D eigenvalue weighted by molar-refractivity contribution is 0.197. The topological polar surface area (TPSA) is 3.24 Å². The van der Waals surface area contributed by atoms with Gasteiger partial charge in [0, 0.05) is 6.04 Å². The van der Waals surface area contributed by atoms with E-state index in [9.17, 15) is 0 Å². The third-order valence-electron chi connectivity index (χ3n) is 2.87. The van der Waals surface area contributed by atoms with Crippen LogP contribution in [-0.4, -0.2) is 24.0 Å². The molecule has 0 aliphatic heterocycles. The van der Waals surface area contributed by atoms with Crippen molar-refractivity contribution in [2.24, 2.45) is 0 Å². The summed E-state index contributed by atoms with van der Waals surface area (Å²) in [5, 5.41) is 0. The number of hydrogen-bond acceptors (Lipinski definition) is 1. The molecule has 1 atom stereocenters. The summed E-state index contributed by atoms with van der Waals surface area (Å²) in [6.45, 7) is 11.8. The Hall–Kier alpha value is -0.0400. The fourth-order valence-corrected chi connectivity index (χ4v) is 2.00. The number of hydrogen-bond donors (Lipinski definition) is 0. The van der Waals surface area contributed by atoms with Crippen LogP contribution in [0.25, 0.3) is 0 Å². The van der Waals surface area contributed by atoms with Gasteiger partial charge in [-0.25, -0.2) is 0 Å². The first-order valence-corrected chi connectivity index (χ1v) is 6.50. The molecule has 0 N–H and O–H groups in total. The minimum Gasteiger partial charge on any atom is -0.301 e. The molecule has 1 unspecified atom stereocenters. The lowest BCUT2D eigenvalue weighted by Gasteiger charge is -2.28. The largest absolute Gasteiger partial charge is 0.301 e. The van der Waals surface area contributed by atoms with Crippen molar-refractivity contribution < 1.29 is 0 Å². The average Bonchev–Trinajstić information content (AvgIpc) is 2.18. The molecule has 0 bridgehead atoms. The number of nitrogens with zero attached hydrogens (tertiary/aromatic N) is 1. The second kappa shape index (κ2) is 9.51. The summed E-state index contributed by atoms with van der Waals surface area (Å²) in [6, 6.07) is 0.793. The molecule has 0 saturated heterocycles. The molecule has 0 aliphatic carbocycles. The smallest absolute Gasteiger partial charge is 0.00669 e. The van der Waals surface area contributed by atoms with E-state index in [0.29, 0.717) is 0 Å². The summed E-state index contributed by atoms with van der Waals surface area (Å²) >= 11 is 0. The van der Waals surface area contributed by atoms with Crippen molar-refractivity contribution in [1.82, 2.24) is 4.90 Å². The Bertz CT molecular complexity index is 106. The minimum absolute atomic E-state index is 0.793. The molecule has 0 saturated carbocycles. The van der Waals surface area contributed by atoms with E-state index in [-0.39, 0.29) is 0 Å². The molecule has 86 valence electrons. The average molecular weight is 199 g/mol. The van der Waals surface area contributed by atoms with Crippen molar-refractivity contribution in [1.29, 1.82) is 0 Å². The molecule has 0 fully saturated rings. The summed E-state index contributed by atoms with van der Waals surface area (Å²) in [7, 11) is 0. The molecule has 0 spiro atoms. The van der Waals surface area contributed by atoms with Crippen molar-refractivity contribution in [3.8, 4) is 0 Å². The maximum Gasteiger partial charge on any atom is 0.00669 e. The molecule has 1 nitrogen and oxygen atoms in total. The number of unbranched alkanes of at least 4 members (excludes halogenated alkanes) is 2. The number of rotatable bonds is 9. The summed E-state index contributed by atoms with van der Waals surface area (Å²) in [4.78, 5) is 2.65. The van der Waals surface area contributed by atoms with Crippen molar-refractivity contribution in [2.75, 3.05) is 13.1 Å². The van der Waals surface area contributed by atoms with Gasteiger partial charge in [-0.3, -0.25) is 0 Å². The predicted octanol–water partition coefficient (Wildman–Crippen LogP) is 4.08. The van der Waals surface area contributed by atoms with Crippen LogP contribution in [0, 0.1) is 0 Å². The molecule has 0 radical (unpaired) electrons. The molecule has 0 aromatic carbocycles. The summed E-state index contributed by atoms with van der Waals surface area (Å²) in [5.74, 6) is 0. The zero-order chi connectivity index (χ0) is 10.8. The van der Waals surface area contributed by atoms with Gasteiger partial charge in [-0.1, -0.05) is 40.0 Å². The van der Waals surface area contributed by atoms with Crippen molar-refractivity contribution in [3.63, 3.8) is 0 Å². The van der Waals surface area contributed by atoms with Gasteiger partial charge in [0.1, 0.15) is 0 Å². The van der Waals surface area contributed by atoms with Crippen molar-refractivity contribution >= 4 is 0 Å². The second-order valence-corrected chi connectivity index (χ2v) is 4.38. The predicted molar refractivity (Wildman–Crippen MR) is 65.8 cm³/mol. The van der Waals surface area contributed by atoms with Gasteiger partial charge in [0.05, 0.1) is 0 Å². The SMILES string of the molecule is CCCCCC(C)N(CCC)CCC. The molecule has 0 amide bonds. The van der Waals surface area contributed by atoms with Crippen molar-refractivity contribution in [2.45, 2.75) is 72.3 Å². The van der Waals surface area contributed by atoms with Crippen LogP contribution in [-0.2, 0) is 0 Å². The summed E-state index contributed by atoms with van der Waals surface area (Å²) in [5.41, 5.74) is 0. The summed E-state index contributed by atoms with van der Waals surface area (Å²) in [6.07, 6.45) is 8.11. The Kier molecular flexibility index (Phi) is 9.49. The summed E-state index contributed by atoms with van der Waals surface area (Å²) < 4.78 is 0. The highest BCUT2D eigenvalue weighted by atomic mass is 15.1. The van der Waals surface area contributed by atoms with Gasteiger partial charge in [-0.15, -0.1) is 0 Å². The third kappa shape index (κ3) is 6.42. The first-order valence-electron chi connectivity index (χ1n) is 6.50. The van der Waals surface area contributed by atoms with Crippen molar-refractivity contribution in [3.05, 3.63) is 0 Å². The second-order valence-electron chi connectivity index (χ2n) is 4.38. The van der Waals surface area contributed by atoms with Gasteiger partial charge in [0.15, 0.2) is 0 Å². The van der Waals surface area contributed by atoms with Crippen LogP contribution < -0.4 is 0 Å². The van der Waals surface area contributed by atoms with Gasteiger partial charge in [0.25, 0.3) is 0 Å². The fraction of sp³-hybridized carbons (Fsp3) is 1.00. The van der Waals surface area contributed by atoms with Gasteiger partial charge >= 0.3 is 0 Å². The first-order chi connectivity index (χ1) is 6.76. The zero-order valence-electron chi connectivity index (χ0n) is 10.7. The quantitative estimate of drug-likeness (QED) is 0.506. The molecule has 0 aromatic heterocycles. The normalized spacial score (nSPS) is 13.5. The Labute approximate surface area is 90.9 Å². The first kappa shape index (κ1) is 14.0. The molecule has 14 heavy (non-hydrogen) atoms. The third-order valence-corrected chi connectivity index (χ3v) is 2.87. The highest BCUT2D eigenvalue weighted by Gasteiger charge is 2.10. The van der Waals surface area contributed by atoms with E-state index in [1.54, 1.807) is 0 Å². The van der Waals surface area contributed by atoms with Crippen LogP contribution in [0.4, 0.5) is 0 Å². The molecule has 0 heterocycles. The van der Waals surface area contributed by atoms with Crippen LogP contribution in [0.15, 0.2) is 0 Å². The van der Waals surface area contributed by atoms with Crippen LogP contribution in [0.1, 0.15) is 66.2 Å². The maximum absolute atomic E-state index is 2.65. The Morgan fingerprint density at radius 1 is 0.857 bits per heavy atom. The van der Waals surface area contributed by atoms with Crippen LogP contribution in [0.2, 0.25) is 0 Å². The van der Waals surface area contributed by atoms with Crippen LogP contribution >= 0.6 is 0 Å². The Morgan fingerprint density at radius 3 is 1.86 bits per heavy atom. The maximum atomic E-state index is 2.65. The van der Waals surface area contributed by atoms with E-state index in [2.05, 4.69) is 32.6 Å². The van der Waals surface area contributed by atoms with E-state index in [1.165, 1.54) is 51.6 Å². The van der Waals surface area contributed by atoms with E-state index in [1.807, 2.05) is 0 Å². The Balaban J connectivity index is 3.69. The van der Waals surface area contributed by atoms with Gasteiger partial charge in [0.2, 0.25) is 0 Å². The molecule has 1 heteroatoms. The van der Waals surface area contributed by atoms with Gasteiger partial charge < -0.3 is 4.90 Å². The Morgan fingerprint density at radius 2 is 1.43 bits per heavy atom. The molecule has 0 aliphatic rings. The standard InChI is InChI=1S/C13H29N/c1-5-8-9-10-13(4)14(11-6-2)12-7-3/h13H,5-12H2,1-4H3. The molecule has 0 rings (SSSR count). The highest BCUT2D eigenvalue weighted by Crippen LogP contribution is 2.10. The lowest BCUT2D eigenvalue weighted by atomic mass is 10.1. The molecular weight excluding hydrogens is 170 g/mol. The van der Waals surface area contributed by atoms with E-state index in [0.717, 1.165) is 6.04 Å². The molecular formula is C13H29N. The highest BCUT2D eigenvalue weighted by molar-refractivity contribution is 4.66. The van der Waals surface area contributed by atoms with E-state index in [4.69, 9.17) is 0 Å². The van der Waals surface area contributed by atoms with E-state index >= 15 is 0 Å². The minimum atomic E-state index is 0.793. The zero-order valence-corrected chi connectivity index (χ0v) is 10.7. The molecule has 0 aromatic rings. The van der Waals surface area contributed by atoms with Crippen LogP contribution in [0.3, 0.4) is 0 Å². The van der Waals surface area contributed by atoms with Gasteiger partial charge in [-0.2, -0.15) is 0 Å². The van der Waals surface area contributed by atoms with E-state index < -0.39 is 0 Å².